The monoisotopic (exact) mass is 445 g/mol. The number of carbonyl (C=O) groups excluding carboxylic acids is 2. The Bertz CT molecular complexity index is 1130. The second-order valence-electron chi connectivity index (χ2n) is 7.41. The van der Waals surface area contributed by atoms with Crippen molar-refractivity contribution in [3.8, 4) is 22.6 Å². The molecule has 0 spiro atoms. The van der Waals surface area contributed by atoms with E-state index >= 15 is 0 Å². The fourth-order valence-electron chi connectivity index (χ4n) is 3.20. The summed E-state index contributed by atoms with van der Waals surface area (Å²) >= 11 is 0. The number of benzene rings is 3. The van der Waals surface area contributed by atoms with E-state index in [4.69, 9.17) is 9.47 Å². The molecule has 0 saturated carbocycles. The minimum Gasteiger partial charge on any atom is -0.497 e. The van der Waals surface area contributed by atoms with E-state index in [1.54, 1.807) is 32.2 Å². The van der Waals surface area contributed by atoms with Gasteiger partial charge in [0.1, 0.15) is 11.5 Å². The van der Waals surface area contributed by atoms with Crippen molar-refractivity contribution in [2.75, 3.05) is 19.5 Å². The lowest BCUT2D eigenvalue weighted by Gasteiger charge is -2.11. The molecule has 0 aliphatic carbocycles. The number of anilines is 1. The first-order valence-electron chi connectivity index (χ1n) is 10.5. The average molecular weight is 446 g/mol. The number of nitrogens with zero attached hydrogens (tertiary/aromatic N) is 1. The molecule has 0 fully saturated rings. The number of hydrazone groups is 1. The zero-order chi connectivity index (χ0) is 23.6. The summed E-state index contributed by atoms with van der Waals surface area (Å²) < 4.78 is 10.4. The van der Waals surface area contributed by atoms with Crippen LogP contribution in [0.2, 0.25) is 0 Å². The van der Waals surface area contributed by atoms with Gasteiger partial charge in [0.2, 0.25) is 11.8 Å². The fourth-order valence-corrected chi connectivity index (χ4v) is 3.20. The smallest absolute Gasteiger partial charge is 0.244 e. The summed E-state index contributed by atoms with van der Waals surface area (Å²) in [5.74, 6) is 0.591. The highest BCUT2D eigenvalue weighted by Crippen LogP contribution is 2.29. The third-order valence-corrected chi connectivity index (χ3v) is 4.90. The minimum atomic E-state index is -0.273. The molecule has 0 heterocycles. The SMILES string of the molecule is COc1ccc(NC(=O)C/C(C)=N/NC(=O)Cc2ccc(-c3ccccc3)cc2)c(OC)c1. The standard InChI is InChI=1S/C26H27N3O4/c1-18(15-25(30)27-23-14-13-22(32-2)17-24(23)33-3)28-29-26(31)16-19-9-11-21(12-10-19)20-7-5-4-6-8-20/h4-14,17H,15-16H2,1-3H3,(H,27,30)(H,29,31)/b28-18+. The minimum absolute atomic E-state index is 0.0290. The van der Waals surface area contributed by atoms with Gasteiger partial charge in [-0.05, 0) is 35.7 Å². The molecule has 7 heteroatoms. The highest BCUT2D eigenvalue weighted by molar-refractivity contribution is 6.06. The lowest BCUT2D eigenvalue weighted by atomic mass is 10.0. The van der Waals surface area contributed by atoms with E-state index in [-0.39, 0.29) is 24.7 Å². The molecule has 0 aliphatic heterocycles. The van der Waals surface area contributed by atoms with Crippen molar-refractivity contribution in [2.45, 2.75) is 19.8 Å². The second-order valence-corrected chi connectivity index (χ2v) is 7.41. The van der Waals surface area contributed by atoms with Crippen LogP contribution in [-0.2, 0) is 16.0 Å². The van der Waals surface area contributed by atoms with Gasteiger partial charge in [-0.15, -0.1) is 0 Å². The molecule has 3 aromatic rings. The van der Waals surface area contributed by atoms with Crippen LogP contribution in [-0.4, -0.2) is 31.7 Å². The van der Waals surface area contributed by atoms with Crippen molar-refractivity contribution < 1.29 is 19.1 Å². The van der Waals surface area contributed by atoms with Crippen LogP contribution >= 0.6 is 0 Å². The van der Waals surface area contributed by atoms with Crippen LogP contribution in [0.3, 0.4) is 0 Å². The van der Waals surface area contributed by atoms with Gasteiger partial charge in [-0.2, -0.15) is 5.10 Å². The third kappa shape index (κ3) is 6.93. The number of nitrogens with one attached hydrogen (secondary N) is 2. The molecule has 0 radical (unpaired) electrons. The number of hydrogen-bond donors (Lipinski definition) is 2. The maximum absolute atomic E-state index is 12.3. The van der Waals surface area contributed by atoms with Crippen molar-refractivity contribution in [3.05, 3.63) is 78.4 Å². The summed E-state index contributed by atoms with van der Waals surface area (Å²) in [5, 5.41) is 6.82. The lowest BCUT2D eigenvalue weighted by Crippen LogP contribution is -2.23. The maximum atomic E-state index is 12.3. The largest absolute Gasteiger partial charge is 0.497 e. The molecule has 0 unspecified atom stereocenters. The molecule has 33 heavy (non-hydrogen) atoms. The van der Waals surface area contributed by atoms with Gasteiger partial charge in [-0.3, -0.25) is 9.59 Å². The van der Waals surface area contributed by atoms with Crippen LogP contribution in [0.1, 0.15) is 18.9 Å². The molecule has 3 aromatic carbocycles. The number of ether oxygens (including phenoxy) is 2. The Kier molecular flexibility index (Phi) is 8.18. The summed E-state index contributed by atoms with van der Waals surface area (Å²) in [6.45, 7) is 1.68. The average Bonchev–Trinajstić information content (AvgIpc) is 2.84. The molecule has 0 saturated heterocycles. The van der Waals surface area contributed by atoms with Gasteiger partial charge in [-0.1, -0.05) is 54.6 Å². The highest BCUT2D eigenvalue weighted by atomic mass is 16.5. The summed E-state index contributed by atoms with van der Waals surface area (Å²) in [5.41, 5.74) is 6.61. The zero-order valence-corrected chi connectivity index (χ0v) is 18.9. The van der Waals surface area contributed by atoms with Gasteiger partial charge in [0.05, 0.1) is 32.7 Å². The van der Waals surface area contributed by atoms with Gasteiger partial charge >= 0.3 is 0 Å². The molecule has 0 aromatic heterocycles. The predicted octanol–water partition coefficient (Wildman–Crippen LogP) is 4.43. The van der Waals surface area contributed by atoms with Crippen LogP contribution in [0.4, 0.5) is 5.69 Å². The van der Waals surface area contributed by atoms with Gasteiger partial charge in [0, 0.05) is 11.8 Å². The quantitative estimate of drug-likeness (QED) is 0.377. The molecular formula is C26H27N3O4. The van der Waals surface area contributed by atoms with Crippen LogP contribution in [0.25, 0.3) is 11.1 Å². The zero-order valence-electron chi connectivity index (χ0n) is 18.9. The van der Waals surface area contributed by atoms with Crippen molar-refractivity contribution in [1.82, 2.24) is 5.43 Å². The lowest BCUT2D eigenvalue weighted by molar-refractivity contribution is -0.120. The molecule has 0 bridgehead atoms. The first-order chi connectivity index (χ1) is 16.0. The third-order valence-electron chi connectivity index (χ3n) is 4.90. The topological polar surface area (TPSA) is 89.0 Å². The summed E-state index contributed by atoms with van der Waals surface area (Å²) in [6, 6.07) is 23.0. The van der Waals surface area contributed by atoms with E-state index in [1.807, 2.05) is 54.6 Å². The van der Waals surface area contributed by atoms with Gasteiger partial charge in [0.15, 0.2) is 0 Å². The Morgan fingerprint density at radius 1 is 0.848 bits per heavy atom. The molecule has 2 N–H and O–H groups in total. The van der Waals surface area contributed by atoms with Gasteiger partial charge < -0.3 is 14.8 Å². The van der Waals surface area contributed by atoms with Crippen molar-refractivity contribution in [3.63, 3.8) is 0 Å². The molecule has 7 nitrogen and oxygen atoms in total. The summed E-state index contributed by atoms with van der Waals surface area (Å²) in [4.78, 5) is 24.6. The Balaban J connectivity index is 1.50. The Morgan fingerprint density at radius 3 is 2.21 bits per heavy atom. The van der Waals surface area contributed by atoms with Crippen molar-refractivity contribution >= 4 is 23.2 Å². The Labute approximate surface area is 193 Å². The van der Waals surface area contributed by atoms with Crippen molar-refractivity contribution in [2.24, 2.45) is 5.10 Å². The van der Waals surface area contributed by atoms with Gasteiger partial charge in [-0.25, -0.2) is 5.43 Å². The number of amides is 2. The van der Waals surface area contributed by atoms with Gasteiger partial charge in [0.25, 0.3) is 0 Å². The summed E-state index contributed by atoms with van der Waals surface area (Å²) in [6.07, 6.45) is 0.225. The normalized spacial score (nSPS) is 10.9. The van der Waals surface area contributed by atoms with E-state index in [2.05, 4.69) is 15.8 Å². The van der Waals surface area contributed by atoms with Crippen molar-refractivity contribution in [1.29, 1.82) is 0 Å². The number of hydrogen-bond acceptors (Lipinski definition) is 5. The molecule has 170 valence electrons. The Morgan fingerprint density at radius 2 is 1.55 bits per heavy atom. The first-order valence-corrected chi connectivity index (χ1v) is 10.5. The van der Waals surface area contributed by atoms with E-state index < -0.39 is 0 Å². The van der Waals surface area contributed by atoms with E-state index in [0.717, 1.165) is 16.7 Å². The number of methoxy groups -OCH3 is 2. The predicted molar refractivity (Wildman–Crippen MR) is 130 cm³/mol. The fraction of sp³-hybridized carbons (Fsp3) is 0.192. The molecule has 3 rings (SSSR count). The van der Waals surface area contributed by atoms with E-state index in [1.165, 1.54) is 7.11 Å². The van der Waals surface area contributed by atoms with Crippen LogP contribution in [0, 0.1) is 0 Å². The highest BCUT2D eigenvalue weighted by Gasteiger charge is 2.11. The molecular weight excluding hydrogens is 418 g/mol. The van der Waals surface area contributed by atoms with Crippen LogP contribution < -0.4 is 20.2 Å². The molecule has 0 aliphatic rings. The second kappa shape index (κ2) is 11.5. The number of carbonyl (C=O) groups is 2. The number of rotatable bonds is 9. The first kappa shape index (κ1) is 23.5. The van der Waals surface area contributed by atoms with E-state index in [9.17, 15) is 9.59 Å². The molecule has 2 amide bonds. The maximum Gasteiger partial charge on any atom is 0.244 e. The van der Waals surface area contributed by atoms with E-state index in [0.29, 0.717) is 22.9 Å². The Hall–Kier alpha value is -4.13. The van der Waals surface area contributed by atoms with Crippen LogP contribution in [0.5, 0.6) is 11.5 Å². The van der Waals surface area contributed by atoms with Crippen LogP contribution in [0.15, 0.2) is 77.9 Å². The molecule has 0 atom stereocenters. The summed E-state index contributed by atoms with van der Waals surface area (Å²) in [7, 11) is 3.07.